The van der Waals surface area contributed by atoms with E-state index in [0.717, 1.165) is 51.3 Å². The van der Waals surface area contributed by atoms with Gasteiger partial charge in [0.2, 0.25) is 0 Å². The van der Waals surface area contributed by atoms with Gasteiger partial charge >= 0.3 is 0 Å². The monoisotopic (exact) mass is 366 g/mol. The SMILES string of the molecule is CCN1CCN(C(=O)c2cc(C3CC3)n(C3CCS(=O)(=O)C3)n2)CC1. The second-order valence-corrected chi connectivity index (χ2v) is 9.69. The predicted octanol–water partition coefficient (Wildman–Crippen LogP) is 0.898. The lowest BCUT2D eigenvalue weighted by atomic mass is 10.2. The summed E-state index contributed by atoms with van der Waals surface area (Å²) in [6, 6.07) is 1.80. The van der Waals surface area contributed by atoms with Crippen LogP contribution in [0.3, 0.4) is 0 Å². The largest absolute Gasteiger partial charge is 0.335 e. The van der Waals surface area contributed by atoms with Crippen LogP contribution < -0.4 is 0 Å². The molecular formula is C17H26N4O3S. The van der Waals surface area contributed by atoms with Gasteiger partial charge in [-0.25, -0.2) is 8.42 Å². The van der Waals surface area contributed by atoms with Crippen LogP contribution in [0.5, 0.6) is 0 Å². The van der Waals surface area contributed by atoms with Crippen LogP contribution in [-0.4, -0.2) is 78.1 Å². The van der Waals surface area contributed by atoms with Crippen molar-refractivity contribution in [1.29, 1.82) is 0 Å². The molecule has 0 N–H and O–H groups in total. The maximum atomic E-state index is 12.9. The van der Waals surface area contributed by atoms with Gasteiger partial charge in [-0.05, 0) is 31.9 Å². The van der Waals surface area contributed by atoms with Crippen molar-refractivity contribution >= 4 is 15.7 Å². The molecule has 0 aromatic carbocycles. The first-order chi connectivity index (χ1) is 12.0. The maximum absolute atomic E-state index is 12.9. The van der Waals surface area contributed by atoms with Crippen LogP contribution in [0.15, 0.2) is 6.07 Å². The molecular weight excluding hydrogens is 340 g/mol. The third-order valence-electron chi connectivity index (χ3n) is 5.64. The average Bonchev–Trinajstić information content (AvgIpc) is 3.26. The van der Waals surface area contributed by atoms with E-state index in [1.807, 2.05) is 15.6 Å². The lowest BCUT2D eigenvalue weighted by molar-refractivity contribution is 0.0636. The Bertz CT molecular complexity index is 761. The van der Waals surface area contributed by atoms with E-state index < -0.39 is 9.84 Å². The highest BCUT2D eigenvalue weighted by atomic mass is 32.2. The topological polar surface area (TPSA) is 75.5 Å². The standard InChI is InChI=1S/C17H26N4O3S/c1-2-19-6-8-20(9-7-19)17(22)15-11-16(13-3-4-13)21(18-15)14-5-10-25(23,24)12-14/h11,13-14H,2-10,12H2,1H3. The van der Waals surface area contributed by atoms with Gasteiger partial charge in [0, 0.05) is 37.8 Å². The number of piperazine rings is 1. The van der Waals surface area contributed by atoms with E-state index in [9.17, 15) is 13.2 Å². The molecule has 0 bridgehead atoms. The Morgan fingerprint density at radius 3 is 2.48 bits per heavy atom. The van der Waals surface area contributed by atoms with Crippen LogP contribution in [0.4, 0.5) is 0 Å². The highest BCUT2D eigenvalue weighted by Crippen LogP contribution is 2.42. The zero-order valence-corrected chi connectivity index (χ0v) is 15.5. The van der Waals surface area contributed by atoms with Gasteiger partial charge in [0.1, 0.15) is 0 Å². The van der Waals surface area contributed by atoms with Gasteiger partial charge in [0.15, 0.2) is 15.5 Å². The van der Waals surface area contributed by atoms with E-state index >= 15 is 0 Å². The fourth-order valence-corrected chi connectivity index (χ4v) is 5.58. The van der Waals surface area contributed by atoms with Gasteiger partial charge in [-0.1, -0.05) is 6.92 Å². The Hall–Kier alpha value is -1.41. The van der Waals surface area contributed by atoms with E-state index in [0.29, 0.717) is 18.0 Å². The molecule has 2 aliphatic heterocycles. The fourth-order valence-electron chi connectivity index (χ4n) is 3.89. The zero-order valence-electron chi connectivity index (χ0n) is 14.7. The number of carbonyl (C=O) groups excluding carboxylic acids is 1. The van der Waals surface area contributed by atoms with Gasteiger partial charge < -0.3 is 9.80 Å². The van der Waals surface area contributed by atoms with Crippen molar-refractivity contribution in [2.75, 3.05) is 44.2 Å². The van der Waals surface area contributed by atoms with E-state index in [1.165, 1.54) is 0 Å². The molecule has 3 fully saturated rings. The number of hydrogen-bond acceptors (Lipinski definition) is 5. The maximum Gasteiger partial charge on any atom is 0.274 e. The van der Waals surface area contributed by atoms with Crippen molar-refractivity contribution in [1.82, 2.24) is 19.6 Å². The van der Waals surface area contributed by atoms with Crippen molar-refractivity contribution in [2.24, 2.45) is 0 Å². The molecule has 0 spiro atoms. The van der Waals surface area contributed by atoms with E-state index in [1.54, 1.807) is 0 Å². The summed E-state index contributed by atoms with van der Waals surface area (Å²) < 4.78 is 25.5. The second kappa shape index (κ2) is 6.39. The average molecular weight is 366 g/mol. The minimum atomic E-state index is -2.97. The summed E-state index contributed by atoms with van der Waals surface area (Å²) in [6.45, 7) is 6.42. The number of aromatic nitrogens is 2. The number of amides is 1. The molecule has 1 aromatic rings. The van der Waals surface area contributed by atoms with Crippen molar-refractivity contribution < 1.29 is 13.2 Å². The number of nitrogens with zero attached hydrogens (tertiary/aromatic N) is 4. The Labute approximate surface area is 148 Å². The number of carbonyl (C=O) groups is 1. The summed E-state index contributed by atoms with van der Waals surface area (Å²) in [5.41, 5.74) is 1.54. The molecule has 1 saturated carbocycles. The quantitative estimate of drug-likeness (QED) is 0.791. The van der Waals surface area contributed by atoms with Gasteiger partial charge in [-0.3, -0.25) is 9.48 Å². The third kappa shape index (κ3) is 3.46. The van der Waals surface area contributed by atoms with Gasteiger partial charge in [-0.15, -0.1) is 0 Å². The molecule has 1 amide bonds. The van der Waals surface area contributed by atoms with Crippen LogP contribution >= 0.6 is 0 Å². The number of sulfone groups is 1. The number of likely N-dealkylation sites (N-methyl/N-ethyl adjacent to an activating group) is 1. The Kier molecular flexibility index (Phi) is 4.35. The van der Waals surface area contributed by atoms with Crippen molar-refractivity contribution in [3.05, 3.63) is 17.5 Å². The van der Waals surface area contributed by atoms with Crippen LogP contribution in [-0.2, 0) is 9.84 Å². The molecule has 25 heavy (non-hydrogen) atoms. The molecule has 4 rings (SSSR count). The van der Waals surface area contributed by atoms with E-state index in [2.05, 4.69) is 16.9 Å². The highest BCUT2D eigenvalue weighted by molar-refractivity contribution is 7.91. The molecule has 0 radical (unpaired) electrons. The first-order valence-corrected chi connectivity index (χ1v) is 11.1. The van der Waals surface area contributed by atoms with Gasteiger partial charge in [0.05, 0.1) is 17.5 Å². The summed E-state index contributed by atoms with van der Waals surface area (Å²) >= 11 is 0. The van der Waals surface area contributed by atoms with Gasteiger partial charge in [-0.2, -0.15) is 5.10 Å². The van der Waals surface area contributed by atoms with E-state index in [-0.39, 0.29) is 23.5 Å². The highest BCUT2D eigenvalue weighted by Gasteiger charge is 2.36. The summed E-state index contributed by atoms with van der Waals surface area (Å²) in [5.74, 6) is 0.799. The van der Waals surface area contributed by atoms with Crippen molar-refractivity contribution in [3.8, 4) is 0 Å². The van der Waals surface area contributed by atoms with Crippen LogP contribution in [0.2, 0.25) is 0 Å². The van der Waals surface area contributed by atoms with Crippen LogP contribution in [0.25, 0.3) is 0 Å². The first-order valence-electron chi connectivity index (χ1n) is 9.28. The Morgan fingerprint density at radius 1 is 1.20 bits per heavy atom. The first kappa shape index (κ1) is 17.0. The molecule has 1 aliphatic carbocycles. The molecule has 7 nitrogen and oxygen atoms in total. The van der Waals surface area contributed by atoms with Crippen LogP contribution in [0.1, 0.15) is 54.3 Å². The molecule has 8 heteroatoms. The number of rotatable bonds is 4. The zero-order chi connectivity index (χ0) is 17.6. The summed E-state index contributed by atoms with van der Waals surface area (Å²) in [7, 11) is -2.97. The Balaban J connectivity index is 1.55. The smallest absolute Gasteiger partial charge is 0.274 e. The normalized spacial score (nSPS) is 26.9. The minimum absolute atomic E-state index is 0.0164. The molecule has 3 heterocycles. The third-order valence-corrected chi connectivity index (χ3v) is 7.39. The summed E-state index contributed by atoms with van der Waals surface area (Å²) in [5, 5.41) is 4.58. The minimum Gasteiger partial charge on any atom is -0.335 e. The summed E-state index contributed by atoms with van der Waals surface area (Å²) in [6.07, 6.45) is 2.81. The predicted molar refractivity (Wildman–Crippen MR) is 94.5 cm³/mol. The van der Waals surface area contributed by atoms with Crippen LogP contribution in [0, 0.1) is 0 Å². The lowest BCUT2D eigenvalue weighted by Crippen LogP contribution is -2.48. The molecule has 1 aromatic heterocycles. The molecule has 1 atom stereocenters. The van der Waals surface area contributed by atoms with Crippen molar-refractivity contribution in [2.45, 2.75) is 38.1 Å². The summed E-state index contributed by atoms with van der Waals surface area (Å²) in [4.78, 5) is 17.1. The van der Waals surface area contributed by atoms with Crippen molar-refractivity contribution in [3.63, 3.8) is 0 Å². The molecule has 138 valence electrons. The molecule has 1 unspecified atom stereocenters. The molecule has 3 aliphatic rings. The Morgan fingerprint density at radius 2 is 1.92 bits per heavy atom. The fraction of sp³-hybridized carbons (Fsp3) is 0.765. The lowest BCUT2D eigenvalue weighted by Gasteiger charge is -2.33. The second-order valence-electron chi connectivity index (χ2n) is 7.46. The molecule has 2 saturated heterocycles. The van der Waals surface area contributed by atoms with E-state index in [4.69, 9.17) is 0 Å². The number of hydrogen-bond donors (Lipinski definition) is 0. The van der Waals surface area contributed by atoms with Gasteiger partial charge in [0.25, 0.3) is 5.91 Å².